The zero-order valence-electron chi connectivity index (χ0n) is 21.1. The molecule has 0 unspecified atom stereocenters. The topological polar surface area (TPSA) is 90.9 Å². The summed E-state index contributed by atoms with van der Waals surface area (Å²) in [4.78, 5) is 38.2. The first-order chi connectivity index (χ1) is 17.3. The van der Waals surface area contributed by atoms with Gasteiger partial charge in [-0.15, -0.1) is 0 Å². The number of nitrogens with one attached hydrogen (secondary N) is 1. The monoisotopic (exact) mass is 543 g/mol. The Labute approximate surface area is 225 Å². The van der Waals surface area contributed by atoms with E-state index in [1.165, 1.54) is 25.1 Å². The number of Topliss-reactive ketones (excluding diaryl/α,β-unsaturated/α-hetero) is 1. The average molecular weight is 544 g/mol. The number of ether oxygens (including phenoxy) is 3. The lowest BCUT2D eigenvalue weighted by atomic mass is 10.1. The van der Waals surface area contributed by atoms with Crippen molar-refractivity contribution < 1.29 is 28.6 Å². The molecule has 1 N–H and O–H groups in total. The number of carbonyl (C=O) groups excluding carboxylic acids is 3. The number of amides is 1. The van der Waals surface area contributed by atoms with Gasteiger partial charge in [0.05, 0.1) is 5.69 Å². The van der Waals surface area contributed by atoms with Crippen LogP contribution >= 0.6 is 23.2 Å². The largest absolute Gasteiger partial charge is 0.478 e. The van der Waals surface area contributed by atoms with E-state index in [-0.39, 0.29) is 17.2 Å². The van der Waals surface area contributed by atoms with Crippen LogP contribution in [-0.2, 0) is 9.59 Å². The lowest BCUT2D eigenvalue weighted by Crippen LogP contribution is -2.43. The Kier molecular flexibility index (Phi) is 8.51. The maximum absolute atomic E-state index is 13.1. The smallest absolute Gasteiger partial charge is 0.355 e. The molecule has 0 aliphatic heterocycles. The van der Waals surface area contributed by atoms with Gasteiger partial charge >= 0.3 is 5.97 Å². The van der Waals surface area contributed by atoms with Gasteiger partial charge in [0, 0.05) is 15.6 Å². The Morgan fingerprint density at radius 2 is 1.22 bits per heavy atom. The summed E-state index contributed by atoms with van der Waals surface area (Å²) in [5.74, 6) is -0.635. The fourth-order valence-corrected chi connectivity index (χ4v) is 3.36. The first-order valence-electron chi connectivity index (χ1n) is 11.3. The number of rotatable bonds is 9. The van der Waals surface area contributed by atoms with E-state index in [4.69, 9.17) is 37.4 Å². The van der Waals surface area contributed by atoms with E-state index in [0.29, 0.717) is 27.1 Å². The van der Waals surface area contributed by atoms with Gasteiger partial charge in [0.15, 0.2) is 17.1 Å². The summed E-state index contributed by atoms with van der Waals surface area (Å²) >= 11 is 11.8. The van der Waals surface area contributed by atoms with Crippen LogP contribution in [-0.4, -0.2) is 28.9 Å². The lowest BCUT2D eigenvalue weighted by Gasteiger charge is -2.27. The predicted octanol–water partition coefficient (Wildman–Crippen LogP) is 6.76. The molecule has 0 aliphatic carbocycles. The molecule has 3 rings (SSSR count). The summed E-state index contributed by atoms with van der Waals surface area (Å²) in [6, 6.07) is 17.5. The second-order valence-electron chi connectivity index (χ2n) is 9.24. The maximum Gasteiger partial charge on any atom is 0.355 e. The molecule has 9 heteroatoms. The van der Waals surface area contributed by atoms with Crippen molar-refractivity contribution in [3.05, 3.63) is 82.3 Å². The van der Waals surface area contributed by atoms with E-state index < -0.39 is 23.1 Å². The number of anilines is 1. The van der Waals surface area contributed by atoms with Gasteiger partial charge in [-0.3, -0.25) is 9.59 Å². The molecule has 194 valence electrons. The van der Waals surface area contributed by atoms with E-state index >= 15 is 0 Å². The molecular weight excluding hydrogens is 517 g/mol. The van der Waals surface area contributed by atoms with Crippen LogP contribution in [0.4, 0.5) is 5.69 Å². The summed E-state index contributed by atoms with van der Waals surface area (Å²) in [6.07, 6.45) is 0. The molecule has 0 fully saturated rings. The molecule has 3 aromatic rings. The Morgan fingerprint density at radius 1 is 0.730 bits per heavy atom. The van der Waals surface area contributed by atoms with Gasteiger partial charge in [0.2, 0.25) is 5.60 Å². The Balaban J connectivity index is 1.82. The van der Waals surface area contributed by atoms with Crippen LogP contribution in [0, 0.1) is 0 Å². The number of ketones is 1. The van der Waals surface area contributed by atoms with Crippen LogP contribution in [0.1, 0.15) is 45.0 Å². The minimum atomic E-state index is -1.40. The molecule has 0 heterocycles. The SMILES string of the molecule is CC(=O)c1ccc(NC(=O)C(C)(C)Oc2ccc(Cl)cc2)c(OC(=O)C(C)(C)Oc2ccc(Cl)cc2)c1. The number of halogens is 2. The summed E-state index contributed by atoms with van der Waals surface area (Å²) in [7, 11) is 0. The molecule has 0 bridgehead atoms. The molecule has 7 nitrogen and oxygen atoms in total. The number of carbonyl (C=O) groups is 3. The van der Waals surface area contributed by atoms with Crippen molar-refractivity contribution in [3.8, 4) is 17.2 Å². The molecule has 3 aromatic carbocycles. The molecule has 0 radical (unpaired) electrons. The third-order valence-corrected chi connectivity index (χ3v) is 5.75. The third-order valence-electron chi connectivity index (χ3n) is 5.25. The van der Waals surface area contributed by atoms with Crippen LogP contribution in [0.5, 0.6) is 17.2 Å². The van der Waals surface area contributed by atoms with E-state index in [2.05, 4.69) is 5.32 Å². The van der Waals surface area contributed by atoms with Crippen LogP contribution in [0.25, 0.3) is 0 Å². The van der Waals surface area contributed by atoms with Crippen molar-refractivity contribution in [2.45, 2.75) is 45.8 Å². The van der Waals surface area contributed by atoms with Gasteiger partial charge in [0.1, 0.15) is 11.5 Å². The summed E-state index contributed by atoms with van der Waals surface area (Å²) < 4.78 is 17.3. The van der Waals surface area contributed by atoms with E-state index in [9.17, 15) is 14.4 Å². The maximum atomic E-state index is 13.1. The average Bonchev–Trinajstić information content (AvgIpc) is 2.82. The van der Waals surface area contributed by atoms with Gasteiger partial charge in [-0.05, 0) is 101 Å². The van der Waals surface area contributed by atoms with E-state index in [1.54, 1.807) is 76.2 Å². The zero-order valence-corrected chi connectivity index (χ0v) is 22.6. The summed E-state index contributed by atoms with van der Waals surface area (Å²) in [6.45, 7) is 7.65. The standard InChI is InChI=1S/C28H27Cl2NO6/c1-17(32)18-6-15-23(31-25(33)27(2,3)36-21-11-7-19(29)8-12-21)24(16-18)35-26(34)28(4,5)37-22-13-9-20(30)10-14-22/h6-16H,1-5H3,(H,31,33). The van der Waals surface area contributed by atoms with Crippen molar-refractivity contribution >= 4 is 46.5 Å². The highest BCUT2D eigenvalue weighted by Gasteiger charge is 2.34. The molecule has 0 aliphatic rings. The second-order valence-corrected chi connectivity index (χ2v) is 10.1. The van der Waals surface area contributed by atoms with Crippen molar-refractivity contribution in [2.24, 2.45) is 0 Å². The van der Waals surface area contributed by atoms with Gasteiger partial charge in [-0.25, -0.2) is 4.79 Å². The van der Waals surface area contributed by atoms with Gasteiger partial charge in [-0.2, -0.15) is 0 Å². The van der Waals surface area contributed by atoms with Crippen LogP contribution in [0.3, 0.4) is 0 Å². The van der Waals surface area contributed by atoms with Crippen LogP contribution in [0.15, 0.2) is 66.7 Å². The molecule has 0 spiro atoms. The third kappa shape index (κ3) is 7.47. The lowest BCUT2D eigenvalue weighted by molar-refractivity contribution is -0.149. The van der Waals surface area contributed by atoms with E-state index in [1.807, 2.05) is 0 Å². The van der Waals surface area contributed by atoms with Gasteiger partial charge in [-0.1, -0.05) is 23.2 Å². The molecule has 0 saturated carbocycles. The molecule has 1 amide bonds. The van der Waals surface area contributed by atoms with Crippen LogP contribution < -0.4 is 19.5 Å². The van der Waals surface area contributed by atoms with Crippen LogP contribution in [0.2, 0.25) is 10.0 Å². The fraction of sp³-hybridized carbons (Fsp3) is 0.250. The molecule has 37 heavy (non-hydrogen) atoms. The Morgan fingerprint density at radius 3 is 1.70 bits per heavy atom. The number of hydrogen-bond donors (Lipinski definition) is 1. The van der Waals surface area contributed by atoms with Gasteiger partial charge in [0.25, 0.3) is 5.91 Å². The van der Waals surface area contributed by atoms with Gasteiger partial charge < -0.3 is 19.5 Å². The van der Waals surface area contributed by atoms with Crippen molar-refractivity contribution in [1.29, 1.82) is 0 Å². The predicted molar refractivity (Wildman–Crippen MR) is 143 cm³/mol. The first kappa shape index (κ1) is 28.0. The molecule has 0 saturated heterocycles. The highest BCUT2D eigenvalue weighted by molar-refractivity contribution is 6.30. The summed E-state index contributed by atoms with van der Waals surface area (Å²) in [5.41, 5.74) is -2.23. The summed E-state index contributed by atoms with van der Waals surface area (Å²) in [5, 5.41) is 3.79. The van der Waals surface area contributed by atoms with Crippen molar-refractivity contribution in [1.82, 2.24) is 0 Å². The number of benzene rings is 3. The van der Waals surface area contributed by atoms with Crippen molar-refractivity contribution in [3.63, 3.8) is 0 Å². The number of hydrogen-bond acceptors (Lipinski definition) is 6. The highest BCUT2D eigenvalue weighted by Crippen LogP contribution is 2.31. The quantitative estimate of drug-likeness (QED) is 0.182. The Hall–Kier alpha value is -3.55. The minimum Gasteiger partial charge on any atom is -0.478 e. The highest BCUT2D eigenvalue weighted by atomic mass is 35.5. The van der Waals surface area contributed by atoms with E-state index in [0.717, 1.165) is 0 Å². The minimum absolute atomic E-state index is 0.0128. The normalized spacial score (nSPS) is 11.4. The molecule has 0 atom stereocenters. The zero-order chi connectivity index (χ0) is 27.4. The first-order valence-corrected chi connectivity index (χ1v) is 12.1. The Bertz CT molecular complexity index is 1300. The van der Waals surface area contributed by atoms with Crippen molar-refractivity contribution in [2.75, 3.05) is 5.32 Å². The number of esters is 1. The molecule has 0 aromatic heterocycles. The molecular formula is C28H27Cl2NO6. The fourth-order valence-electron chi connectivity index (χ4n) is 3.11. The second kappa shape index (κ2) is 11.2.